The van der Waals surface area contributed by atoms with Crippen molar-refractivity contribution in [1.82, 2.24) is 9.97 Å². The molecule has 1 aromatic heterocycles. The third kappa shape index (κ3) is 5.11. The number of carbonyl (C=O) groups is 1. The standard InChI is InChI=1S/C20H31N5O3/c21-18(27)17-11-22-20(25-19(17)23-13-2-1-3-14(26)10-13)24-12-4-6-15(7-5-12)28-16-8-9-16/h11-16,26H,1-10H2,(H2,21,27)(H2,22,23,24,25)/t12-,13-,14+,15-/m1/s1. The Kier molecular flexibility index (Phi) is 5.96. The molecule has 0 radical (unpaired) electrons. The zero-order chi connectivity index (χ0) is 19.5. The topological polar surface area (TPSA) is 122 Å². The molecule has 154 valence electrons. The minimum Gasteiger partial charge on any atom is -0.393 e. The summed E-state index contributed by atoms with van der Waals surface area (Å²) in [4.78, 5) is 20.6. The second-order valence-electron chi connectivity index (χ2n) is 8.44. The minimum absolute atomic E-state index is 0.0830. The molecule has 0 aliphatic heterocycles. The number of nitrogens with one attached hydrogen (secondary N) is 2. The van der Waals surface area contributed by atoms with Crippen LogP contribution in [0.5, 0.6) is 0 Å². The number of nitrogens with zero attached hydrogens (tertiary/aromatic N) is 2. The summed E-state index contributed by atoms with van der Waals surface area (Å²) in [5, 5.41) is 16.6. The molecule has 1 aromatic rings. The predicted octanol–water partition coefficient (Wildman–Crippen LogP) is 2.19. The highest BCUT2D eigenvalue weighted by molar-refractivity contribution is 5.97. The predicted molar refractivity (Wildman–Crippen MR) is 106 cm³/mol. The van der Waals surface area contributed by atoms with Gasteiger partial charge in [0.1, 0.15) is 5.82 Å². The van der Waals surface area contributed by atoms with E-state index in [-0.39, 0.29) is 17.7 Å². The molecule has 5 N–H and O–H groups in total. The van der Waals surface area contributed by atoms with Crippen LogP contribution in [0.25, 0.3) is 0 Å². The minimum atomic E-state index is -0.553. The van der Waals surface area contributed by atoms with Gasteiger partial charge in [-0.15, -0.1) is 0 Å². The molecule has 0 saturated heterocycles. The molecule has 2 atom stereocenters. The maximum atomic E-state index is 11.8. The van der Waals surface area contributed by atoms with Crippen molar-refractivity contribution in [1.29, 1.82) is 0 Å². The number of carbonyl (C=O) groups excluding carboxylic acids is 1. The van der Waals surface area contributed by atoms with Crippen LogP contribution < -0.4 is 16.4 Å². The van der Waals surface area contributed by atoms with Gasteiger partial charge < -0.3 is 26.2 Å². The van der Waals surface area contributed by atoms with Crippen LogP contribution in [0.1, 0.15) is 74.6 Å². The molecule has 3 fully saturated rings. The van der Waals surface area contributed by atoms with Crippen LogP contribution in [0, 0.1) is 0 Å². The van der Waals surface area contributed by atoms with Crippen molar-refractivity contribution >= 4 is 17.7 Å². The largest absolute Gasteiger partial charge is 0.393 e. The molecule has 8 nitrogen and oxygen atoms in total. The molecule has 4 rings (SSSR count). The van der Waals surface area contributed by atoms with Gasteiger partial charge in [-0.05, 0) is 64.2 Å². The van der Waals surface area contributed by atoms with Crippen LogP contribution in [0.4, 0.5) is 11.8 Å². The van der Waals surface area contributed by atoms with E-state index < -0.39 is 5.91 Å². The van der Waals surface area contributed by atoms with Gasteiger partial charge in [-0.2, -0.15) is 4.98 Å². The highest BCUT2D eigenvalue weighted by Gasteiger charge is 2.29. The lowest BCUT2D eigenvalue weighted by Crippen LogP contribution is -2.32. The van der Waals surface area contributed by atoms with Crippen LogP contribution in [0.2, 0.25) is 0 Å². The van der Waals surface area contributed by atoms with Gasteiger partial charge in [0.05, 0.1) is 23.9 Å². The maximum Gasteiger partial charge on any atom is 0.254 e. The molecule has 3 aliphatic carbocycles. The molecule has 3 aliphatic rings. The Hall–Kier alpha value is -1.93. The fraction of sp³-hybridized carbons (Fsp3) is 0.750. The van der Waals surface area contributed by atoms with Gasteiger partial charge in [0.2, 0.25) is 5.95 Å². The molecule has 3 saturated carbocycles. The number of primary amides is 1. The van der Waals surface area contributed by atoms with Crippen molar-refractivity contribution in [2.45, 2.75) is 94.6 Å². The summed E-state index contributed by atoms with van der Waals surface area (Å²) in [6.07, 6.45) is 12.0. The lowest BCUT2D eigenvalue weighted by molar-refractivity contribution is 0.0146. The zero-order valence-electron chi connectivity index (χ0n) is 16.3. The molecule has 28 heavy (non-hydrogen) atoms. The van der Waals surface area contributed by atoms with Crippen LogP contribution in [0.3, 0.4) is 0 Å². The van der Waals surface area contributed by atoms with E-state index in [2.05, 4.69) is 20.6 Å². The molecule has 0 aromatic carbocycles. The number of ether oxygens (including phenoxy) is 1. The first-order valence-electron chi connectivity index (χ1n) is 10.6. The van der Waals surface area contributed by atoms with Gasteiger partial charge in [-0.1, -0.05) is 0 Å². The van der Waals surface area contributed by atoms with E-state index in [4.69, 9.17) is 10.5 Å². The summed E-state index contributed by atoms with van der Waals surface area (Å²) < 4.78 is 6.01. The Morgan fingerprint density at radius 3 is 2.39 bits per heavy atom. The van der Waals surface area contributed by atoms with Crippen molar-refractivity contribution in [2.24, 2.45) is 5.73 Å². The zero-order valence-corrected chi connectivity index (χ0v) is 16.3. The molecule has 1 heterocycles. The second-order valence-corrected chi connectivity index (χ2v) is 8.44. The van der Waals surface area contributed by atoms with Crippen LogP contribution >= 0.6 is 0 Å². The highest BCUT2D eigenvalue weighted by Crippen LogP contribution is 2.31. The monoisotopic (exact) mass is 389 g/mol. The third-order valence-electron chi connectivity index (χ3n) is 5.96. The number of hydrogen-bond donors (Lipinski definition) is 4. The van der Waals surface area contributed by atoms with Gasteiger partial charge in [-0.25, -0.2) is 4.98 Å². The smallest absolute Gasteiger partial charge is 0.254 e. The van der Waals surface area contributed by atoms with E-state index in [1.54, 1.807) is 0 Å². The van der Waals surface area contributed by atoms with Crippen molar-refractivity contribution in [3.8, 4) is 0 Å². The van der Waals surface area contributed by atoms with Crippen LogP contribution in [0.15, 0.2) is 6.20 Å². The van der Waals surface area contributed by atoms with E-state index in [0.29, 0.717) is 36.4 Å². The second kappa shape index (κ2) is 8.61. The van der Waals surface area contributed by atoms with Gasteiger partial charge in [-0.3, -0.25) is 4.79 Å². The lowest BCUT2D eigenvalue weighted by Gasteiger charge is -2.30. The number of aliphatic hydroxyl groups excluding tert-OH is 1. The number of nitrogens with two attached hydrogens (primary N) is 1. The maximum absolute atomic E-state index is 11.8. The molecule has 8 heteroatoms. The molecular weight excluding hydrogens is 358 g/mol. The Morgan fingerprint density at radius 1 is 1.04 bits per heavy atom. The van der Waals surface area contributed by atoms with Crippen molar-refractivity contribution < 1.29 is 14.6 Å². The molecule has 1 amide bonds. The average molecular weight is 390 g/mol. The summed E-state index contributed by atoms with van der Waals surface area (Å²) in [7, 11) is 0. The van der Waals surface area contributed by atoms with E-state index in [1.807, 2.05) is 0 Å². The van der Waals surface area contributed by atoms with E-state index in [9.17, 15) is 9.90 Å². The molecular formula is C20H31N5O3. The van der Waals surface area contributed by atoms with Crippen LogP contribution in [-0.4, -0.2) is 51.4 Å². The number of aromatic nitrogens is 2. The summed E-state index contributed by atoms with van der Waals surface area (Å²) in [6.45, 7) is 0. The Bertz CT molecular complexity index is 688. The third-order valence-corrected chi connectivity index (χ3v) is 5.96. The van der Waals surface area contributed by atoms with Gasteiger partial charge in [0.25, 0.3) is 5.91 Å². The van der Waals surface area contributed by atoms with Crippen LogP contribution in [-0.2, 0) is 4.74 Å². The summed E-state index contributed by atoms with van der Waals surface area (Å²) in [6, 6.07) is 0.391. The lowest BCUT2D eigenvalue weighted by atomic mass is 9.93. The first kappa shape index (κ1) is 19.4. The van der Waals surface area contributed by atoms with Crippen molar-refractivity contribution in [3.05, 3.63) is 11.8 Å². The average Bonchev–Trinajstić information content (AvgIpc) is 3.47. The Balaban J connectivity index is 1.37. The SMILES string of the molecule is NC(=O)c1cnc(N[C@H]2CC[C@H](OC3CC3)CC2)nc1N[C@@H]1CCC[C@H](O)C1. The fourth-order valence-corrected chi connectivity index (χ4v) is 4.23. The van der Waals surface area contributed by atoms with Crippen molar-refractivity contribution in [2.75, 3.05) is 10.6 Å². The number of amides is 1. The highest BCUT2D eigenvalue weighted by atomic mass is 16.5. The summed E-state index contributed by atoms with van der Waals surface area (Å²) >= 11 is 0. The normalized spacial score (nSPS) is 30.6. The Morgan fingerprint density at radius 2 is 1.75 bits per heavy atom. The van der Waals surface area contributed by atoms with Crippen molar-refractivity contribution in [3.63, 3.8) is 0 Å². The van der Waals surface area contributed by atoms with E-state index in [1.165, 1.54) is 19.0 Å². The number of aliphatic hydroxyl groups is 1. The number of anilines is 2. The Labute approximate surface area is 165 Å². The molecule has 0 bridgehead atoms. The van der Waals surface area contributed by atoms with Gasteiger partial charge in [0, 0.05) is 18.3 Å². The van der Waals surface area contributed by atoms with Gasteiger partial charge >= 0.3 is 0 Å². The molecule has 0 spiro atoms. The molecule has 0 unspecified atom stereocenters. The number of hydrogen-bond acceptors (Lipinski definition) is 7. The summed E-state index contributed by atoms with van der Waals surface area (Å²) in [5.74, 6) is 0.411. The van der Waals surface area contributed by atoms with E-state index in [0.717, 1.165) is 44.9 Å². The number of rotatable bonds is 7. The fourth-order valence-electron chi connectivity index (χ4n) is 4.23. The van der Waals surface area contributed by atoms with E-state index >= 15 is 0 Å². The summed E-state index contributed by atoms with van der Waals surface area (Å²) in [5.41, 5.74) is 5.78. The first-order valence-corrected chi connectivity index (χ1v) is 10.6. The quantitative estimate of drug-likeness (QED) is 0.564. The first-order chi connectivity index (χ1) is 13.6. The van der Waals surface area contributed by atoms with Gasteiger partial charge in [0.15, 0.2) is 0 Å².